The summed E-state index contributed by atoms with van der Waals surface area (Å²) < 4.78 is 39.9. The molecule has 20 heavy (non-hydrogen) atoms. The average Bonchev–Trinajstić information content (AvgIpc) is 2.34. The average molecular weight is 289 g/mol. The minimum absolute atomic E-state index is 0.123. The van der Waals surface area contributed by atoms with Crippen LogP contribution in [0.25, 0.3) is 0 Å². The summed E-state index contributed by atoms with van der Waals surface area (Å²) in [6.07, 6.45) is -4.19. The number of nitrogens with zero attached hydrogens (tertiary/aromatic N) is 1. The van der Waals surface area contributed by atoms with Gasteiger partial charge in [-0.3, -0.25) is 10.3 Å². The standard InChI is InChI=1S/C13H18F3N3O/c1-2-19(8-7-12(17)18)9-10-3-5-11(6-4-10)20-13(14,15)16/h3-6H,2,7-9H2,1H3,(H3,17,18). The Labute approximate surface area is 115 Å². The van der Waals surface area contributed by atoms with Crippen molar-refractivity contribution in [3.8, 4) is 5.75 Å². The molecule has 4 nitrogen and oxygen atoms in total. The molecule has 3 N–H and O–H groups in total. The third-order valence-electron chi connectivity index (χ3n) is 2.71. The highest BCUT2D eigenvalue weighted by Crippen LogP contribution is 2.23. The van der Waals surface area contributed by atoms with Crippen molar-refractivity contribution >= 4 is 5.84 Å². The summed E-state index contributed by atoms with van der Waals surface area (Å²) in [7, 11) is 0. The topological polar surface area (TPSA) is 62.3 Å². The first kappa shape index (κ1) is 16.3. The molecule has 1 rings (SSSR count). The number of halogens is 3. The van der Waals surface area contributed by atoms with E-state index in [1.807, 2.05) is 6.92 Å². The third kappa shape index (κ3) is 6.42. The third-order valence-corrected chi connectivity index (χ3v) is 2.71. The number of benzene rings is 1. The Balaban J connectivity index is 2.57. The van der Waals surface area contributed by atoms with E-state index in [1.54, 1.807) is 12.1 Å². The van der Waals surface area contributed by atoms with E-state index in [9.17, 15) is 13.2 Å². The molecule has 0 aromatic heterocycles. The van der Waals surface area contributed by atoms with Crippen LogP contribution >= 0.6 is 0 Å². The van der Waals surface area contributed by atoms with E-state index in [1.165, 1.54) is 12.1 Å². The molecule has 0 bridgehead atoms. The molecule has 0 amide bonds. The van der Waals surface area contributed by atoms with E-state index in [0.29, 0.717) is 19.5 Å². The van der Waals surface area contributed by atoms with Crippen LogP contribution in [-0.4, -0.2) is 30.2 Å². The van der Waals surface area contributed by atoms with Gasteiger partial charge in [0, 0.05) is 19.5 Å². The normalized spacial score (nSPS) is 11.7. The highest BCUT2D eigenvalue weighted by Gasteiger charge is 2.30. The number of alkyl halides is 3. The van der Waals surface area contributed by atoms with E-state index in [4.69, 9.17) is 11.1 Å². The molecule has 0 aliphatic rings. The first-order valence-corrected chi connectivity index (χ1v) is 6.20. The smallest absolute Gasteiger partial charge is 0.406 e. The van der Waals surface area contributed by atoms with Crippen molar-refractivity contribution in [2.24, 2.45) is 5.73 Å². The molecule has 0 atom stereocenters. The van der Waals surface area contributed by atoms with Gasteiger partial charge in [-0.25, -0.2) is 0 Å². The van der Waals surface area contributed by atoms with Gasteiger partial charge in [-0.15, -0.1) is 13.2 Å². The quantitative estimate of drug-likeness (QED) is 0.599. The molecule has 7 heteroatoms. The Morgan fingerprint density at radius 2 is 1.90 bits per heavy atom. The number of hydrogen-bond acceptors (Lipinski definition) is 3. The van der Waals surface area contributed by atoms with Crippen molar-refractivity contribution in [1.82, 2.24) is 4.90 Å². The van der Waals surface area contributed by atoms with Crippen molar-refractivity contribution < 1.29 is 17.9 Å². The highest BCUT2D eigenvalue weighted by molar-refractivity contribution is 5.76. The molecule has 0 fully saturated rings. The van der Waals surface area contributed by atoms with Crippen LogP contribution in [0.15, 0.2) is 24.3 Å². The van der Waals surface area contributed by atoms with Gasteiger partial charge in [-0.2, -0.15) is 0 Å². The molecule has 0 unspecified atom stereocenters. The Morgan fingerprint density at radius 3 is 2.35 bits per heavy atom. The lowest BCUT2D eigenvalue weighted by Crippen LogP contribution is -2.27. The zero-order chi connectivity index (χ0) is 15.2. The van der Waals surface area contributed by atoms with Gasteiger partial charge in [0.1, 0.15) is 5.75 Å². The lowest BCUT2D eigenvalue weighted by molar-refractivity contribution is -0.274. The predicted octanol–water partition coefficient (Wildman–Crippen LogP) is 2.73. The van der Waals surface area contributed by atoms with E-state index in [-0.39, 0.29) is 11.6 Å². The molecular weight excluding hydrogens is 271 g/mol. The first-order chi connectivity index (χ1) is 9.30. The van der Waals surface area contributed by atoms with Crippen molar-refractivity contribution in [3.05, 3.63) is 29.8 Å². The van der Waals surface area contributed by atoms with Crippen LogP contribution in [0.2, 0.25) is 0 Å². The molecule has 112 valence electrons. The van der Waals surface area contributed by atoms with Crippen LogP contribution in [0.4, 0.5) is 13.2 Å². The lowest BCUT2D eigenvalue weighted by Gasteiger charge is -2.20. The van der Waals surface area contributed by atoms with Gasteiger partial charge >= 0.3 is 6.36 Å². The van der Waals surface area contributed by atoms with Gasteiger partial charge in [-0.1, -0.05) is 19.1 Å². The molecule has 0 aliphatic heterocycles. The van der Waals surface area contributed by atoms with E-state index in [2.05, 4.69) is 9.64 Å². The number of hydrogen-bond donors (Lipinski definition) is 2. The fraction of sp³-hybridized carbons (Fsp3) is 0.462. The van der Waals surface area contributed by atoms with E-state index < -0.39 is 6.36 Å². The monoisotopic (exact) mass is 289 g/mol. The number of ether oxygens (including phenoxy) is 1. The SMILES string of the molecule is CCN(CCC(=N)N)Cc1ccc(OC(F)(F)F)cc1. The Kier molecular flexibility index (Phi) is 5.82. The van der Waals surface area contributed by atoms with Gasteiger partial charge in [-0.05, 0) is 24.2 Å². The van der Waals surface area contributed by atoms with Gasteiger partial charge in [0.15, 0.2) is 0 Å². The molecule has 0 heterocycles. The molecule has 0 saturated heterocycles. The molecule has 0 aliphatic carbocycles. The minimum Gasteiger partial charge on any atom is -0.406 e. The summed E-state index contributed by atoms with van der Waals surface area (Å²) in [6.45, 7) is 3.98. The first-order valence-electron chi connectivity index (χ1n) is 6.20. The zero-order valence-corrected chi connectivity index (χ0v) is 11.2. The molecule has 0 spiro atoms. The van der Waals surface area contributed by atoms with Crippen molar-refractivity contribution in [1.29, 1.82) is 5.41 Å². The second kappa shape index (κ2) is 7.14. The summed E-state index contributed by atoms with van der Waals surface area (Å²) >= 11 is 0. The van der Waals surface area contributed by atoms with Crippen LogP contribution in [0.5, 0.6) is 5.75 Å². The minimum atomic E-state index is -4.67. The van der Waals surface area contributed by atoms with Gasteiger partial charge in [0.25, 0.3) is 0 Å². The summed E-state index contributed by atoms with van der Waals surface area (Å²) in [5.74, 6) is -0.106. The Bertz CT molecular complexity index is 431. The largest absolute Gasteiger partial charge is 0.573 e. The maximum atomic E-state index is 12.0. The number of rotatable bonds is 7. The van der Waals surface area contributed by atoms with Gasteiger partial charge in [0.2, 0.25) is 0 Å². The zero-order valence-electron chi connectivity index (χ0n) is 11.2. The fourth-order valence-electron chi connectivity index (χ4n) is 1.68. The molecule has 0 saturated carbocycles. The summed E-state index contributed by atoms with van der Waals surface area (Å²) in [4.78, 5) is 2.06. The second-order valence-electron chi connectivity index (χ2n) is 4.34. The Hall–Kier alpha value is -1.76. The fourth-order valence-corrected chi connectivity index (χ4v) is 1.68. The van der Waals surface area contributed by atoms with Crippen LogP contribution in [-0.2, 0) is 6.54 Å². The van der Waals surface area contributed by atoms with Crippen LogP contribution in [0.1, 0.15) is 18.9 Å². The predicted molar refractivity (Wildman–Crippen MR) is 70.6 cm³/mol. The van der Waals surface area contributed by atoms with Crippen LogP contribution in [0, 0.1) is 5.41 Å². The summed E-state index contributed by atoms with van der Waals surface area (Å²) in [5, 5.41) is 7.18. The van der Waals surface area contributed by atoms with E-state index >= 15 is 0 Å². The number of nitrogens with one attached hydrogen (secondary N) is 1. The van der Waals surface area contributed by atoms with Gasteiger partial charge in [0.05, 0.1) is 5.84 Å². The molecular formula is C13H18F3N3O. The lowest BCUT2D eigenvalue weighted by atomic mass is 10.2. The molecule has 1 aromatic carbocycles. The molecule has 1 aromatic rings. The summed E-state index contributed by atoms with van der Waals surface area (Å²) in [5.41, 5.74) is 6.18. The van der Waals surface area contributed by atoms with E-state index in [0.717, 1.165) is 12.1 Å². The molecule has 0 radical (unpaired) electrons. The second-order valence-corrected chi connectivity index (χ2v) is 4.34. The number of amidine groups is 1. The van der Waals surface area contributed by atoms with Crippen molar-refractivity contribution in [3.63, 3.8) is 0 Å². The maximum Gasteiger partial charge on any atom is 0.573 e. The summed E-state index contributed by atoms with van der Waals surface area (Å²) in [6, 6.07) is 5.78. The van der Waals surface area contributed by atoms with Crippen LogP contribution < -0.4 is 10.5 Å². The van der Waals surface area contributed by atoms with Crippen molar-refractivity contribution in [2.45, 2.75) is 26.3 Å². The van der Waals surface area contributed by atoms with Crippen LogP contribution in [0.3, 0.4) is 0 Å². The highest BCUT2D eigenvalue weighted by atomic mass is 19.4. The number of nitrogens with two attached hydrogens (primary N) is 1. The van der Waals surface area contributed by atoms with Gasteiger partial charge < -0.3 is 10.5 Å². The maximum absolute atomic E-state index is 12.0. The Morgan fingerprint density at radius 1 is 1.30 bits per heavy atom. The van der Waals surface area contributed by atoms with Crippen molar-refractivity contribution in [2.75, 3.05) is 13.1 Å².